The highest BCUT2D eigenvalue weighted by Crippen LogP contribution is 2.35. The molecule has 1 aromatic rings. The molecule has 1 aliphatic carbocycles. The Hall–Kier alpha value is -1.43. The zero-order valence-corrected chi connectivity index (χ0v) is 10.5. The van der Waals surface area contributed by atoms with Gasteiger partial charge >= 0.3 is 0 Å². The van der Waals surface area contributed by atoms with Gasteiger partial charge in [0.05, 0.1) is 11.3 Å². The average molecular weight is 253 g/mol. The van der Waals surface area contributed by atoms with E-state index in [1.807, 2.05) is 0 Å². The van der Waals surface area contributed by atoms with Crippen LogP contribution in [0.5, 0.6) is 0 Å². The highest BCUT2D eigenvalue weighted by atomic mass is 32.1. The van der Waals surface area contributed by atoms with Gasteiger partial charge in [-0.15, -0.1) is 0 Å². The van der Waals surface area contributed by atoms with Crippen LogP contribution in [-0.2, 0) is 4.79 Å². The van der Waals surface area contributed by atoms with Crippen molar-refractivity contribution >= 4 is 23.3 Å². The van der Waals surface area contributed by atoms with Crippen LogP contribution in [0.3, 0.4) is 0 Å². The third kappa shape index (κ3) is 2.46. The number of rotatable bonds is 4. The molecule has 0 aliphatic heterocycles. The number of carbonyl (C=O) groups is 2. The van der Waals surface area contributed by atoms with Crippen molar-refractivity contribution in [3.05, 3.63) is 16.6 Å². The Balaban J connectivity index is 2.07. The summed E-state index contributed by atoms with van der Waals surface area (Å²) < 4.78 is 4.06. The fraction of sp³-hybridized carbons (Fsp3) is 0.545. The van der Waals surface area contributed by atoms with E-state index >= 15 is 0 Å². The van der Waals surface area contributed by atoms with E-state index in [9.17, 15) is 9.59 Å². The Morgan fingerprint density at radius 3 is 2.71 bits per heavy atom. The van der Waals surface area contributed by atoms with Crippen molar-refractivity contribution in [2.75, 3.05) is 0 Å². The predicted octanol–water partition coefficient (Wildman–Crippen LogP) is 0.979. The molecule has 0 bridgehead atoms. The topological polar surface area (TPSA) is 85.1 Å². The van der Waals surface area contributed by atoms with E-state index in [0.29, 0.717) is 5.56 Å². The molecule has 0 radical (unpaired) electrons. The van der Waals surface area contributed by atoms with Gasteiger partial charge < -0.3 is 11.1 Å². The van der Waals surface area contributed by atoms with Gasteiger partial charge in [0.15, 0.2) is 0 Å². The van der Waals surface area contributed by atoms with Crippen LogP contribution in [0.15, 0.2) is 5.38 Å². The lowest BCUT2D eigenvalue weighted by molar-refractivity contribution is -0.120. The Morgan fingerprint density at radius 1 is 1.59 bits per heavy atom. The van der Waals surface area contributed by atoms with E-state index in [4.69, 9.17) is 5.73 Å². The first-order valence-electron chi connectivity index (χ1n) is 5.54. The Bertz CT molecular complexity index is 451. The van der Waals surface area contributed by atoms with E-state index in [1.54, 1.807) is 12.3 Å². The molecule has 5 nitrogen and oxygen atoms in total. The summed E-state index contributed by atoms with van der Waals surface area (Å²) in [4.78, 5) is 23.0. The monoisotopic (exact) mass is 253 g/mol. The lowest BCUT2D eigenvalue weighted by Gasteiger charge is -2.41. The van der Waals surface area contributed by atoms with Crippen molar-refractivity contribution in [1.82, 2.24) is 9.69 Å². The van der Waals surface area contributed by atoms with Crippen LogP contribution in [0.2, 0.25) is 0 Å². The van der Waals surface area contributed by atoms with Crippen LogP contribution in [0, 0.1) is 6.92 Å². The number of nitrogens with zero attached hydrogens (tertiary/aromatic N) is 1. The maximum Gasteiger partial charge on any atom is 0.254 e. The first-order chi connectivity index (χ1) is 8.02. The SMILES string of the molecule is Cc1nscc1C(=O)NC1(CC(N)=O)CCC1. The van der Waals surface area contributed by atoms with Crippen LogP contribution >= 0.6 is 11.5 Å². The summed E-state index contributed by atoms with van der Waals surface area (Å²) in [6.45, 7) is 1.80. The summed E-state index contributed by atoms with van der Waals surface area (Å²) in [5, 5.41) is 4.65. The quantitative estimate of drug-likeness (QED) is 0.838. The summed E-state index contributed by atoms with van der Waals surface area (Å²) in [5.41, 5.74) is 6.10. The second-order valence-electron chi connectivity index (χ2n) is 4.54. The van der Waals surface area contributed by atoms with Gasteiger partial charge in [0.1, 0.15) is 0 Å². The third-order valence-corrected chi connectivity index (χ3v) is 3.92. The molecule has 0 spiro atoms. The van der Waals surface area contributed by atoms with Crippen molar-refractivity contribution in [2.24, 2.45) is 5.73 Å². The molecule has 1 aliphatic rings. The molecular formula is C11H15N3O2S. The maximum atomic E-state index is 12.0. The van der Waals surface area contributed by atoms with Crippen molar-refractivity contribution in [2.45, 2.75) is 38.1 Å². The summed E-state index contributed by atoms with van der Waals surface area (Å²) in [6.07, 6.45) is 2.88. The minimum atomic E-state index is -0.419. The molecule has 1 aromatic heterocycles. The molecule has 3 N–H and O–H groups in total. The van der Waals surface area contributed by atoms with Gasteiger partial charge in [0.2, 0.25) is 5.91 Å². The lowest BCUT2D eigenvalue weighted by Crippen LogP contribution is -2.55. The standard InChI is InChI=1S/C11H15N3O2S/c1-7-8(6-17-14-7)10(16)13-11(3-2-4-11)5-9(12)15/h6H,2-5H2,1H3,(H2,12,15)(H,13,16). The molecule has 1 fully saturated rings. The molecular weight excluding hydrogens is 238 g/mol. The maximum absolute atomic E-state index is 12.0. The predicted molar refractivity (Wildman–Crippen MR) is 64.7 cm³/mol. The minimum Gasteiger partial charge on any atom is -0.370 e. The van der Waals surface area contributed by atoms with E-state index in [-0.39, 0.29) is 18.2 Å². The zero-order chi connectivity index (χ0) is 12.5. The van der Waals surface area contributed by atoms with E-state index in [0.717, 1.165) is 25.0 Å². The Labute approximate surface area is 104 Å². The van der Waals surface area contributed by atoms with Gasteiger partial charge in [-0.25, -0.2) is 0 Å². The second kappa shape index (κ2) is 4.44. The molecule has 0 unspecified atom stereocenters. The van der Waals surface area contributed by atoms with Gasteiger partial charge in [-0.3, -0.25) is 9.59 Å². The van der Waals surface area contributed by atoms with Crippen molar-refractivity contribution < 1.29 is 9.59 Å². The average Bonchev–Trinajstić information content (AvgIpc) is 2.60. The van der Waals surface area contributed by atoms with Crippen molar-refractivity contribution in [3.8, 4) is 0 Å². The Morgan fingerprint density at radius 2 is 2.29 bits per heavy atom. The molecule has 17 heavy (non-hydrogen) atoms. The zero-order valence-electron chi connectivity index (χ0n) is 9.66. The third-order valence-electron chi connectivity index (χ3n) is 3.20. The molecule has 1 heterocycles. The molecule has 6 heteroatoms. The van der Waals surface area contributed by atoms with E-state index in [2.05, 4.69) is 9.69 Å². The van der Waals surface area contributed by atoms with E-state index < -0.39 is 5.54 Å². The smallest absolute Gasteiger partial charge is 0.254 e. The normalized spacial score (nSPS) is 17.2. The fourth-order valence-electron chi connectivity index (χ4n) is 2.10. The molecule has 1 saturated carbocycles. The number of hydrogen-bond donors (Lipinski definition) is 2. The minimum absolute atomic E-state index is 0.155. The van der Waals surface area contributed by atoms with Crippen LogP contribution in [-0.4, -0.2) is 21.7 Å². The van der Waals surface area contributed by atoms with Crippen LogP contribution in [0.1, 0.15) is 41.7 Å². The number of hydrogen-bond acceptors (Lipinski definition) is 4. The fourth-order valence-corrected chi connectivity index (χ4v) is 2.79. The van der Waals surface area contributed by atoms with Crippen molar-refractivity contribution in [3.63, 3.8) is 0 Å². The number of nitrogens with one attached hydrogen (secondary N) is 1. The van der Waals surface area contributed by atoms with Crippen LogP contribution < -0.4 is 11.1 Å². The van der Waals surface area contributed by atoms with Gasteiger partial charge in [0, 0.05) is 17.3 Å². The number of primary amides is 1. The molecule has 2 rings (SSSR count). The highest BCUT2D eigenvalue weighted by Gasteiger charge is 2.40. The van der Waals surface area contributed by atoms with Crippen LogP contribution in [0.25, 0.3) is 0 Å². The lowest BCUT2D eigenvalue weighted by atomic mass is 9.74. The number of aryl methyl sites for hydroxylation is 1. The summed E-state index contributed by atoms with van der Waals surface area (Å²) >= 11 is 1.26. The molecule has 92 valence electrons. The summed E-state index contributed by atoms with van der Waals surface area (Å²) in [7, 11) is 0. The molecule has 0 saturated heterocycles. The largest absolute Gasteiger partial charge is 0.370 e. The highest BCUT2D eigenvalue weighted by molar-refractivity contribution is 7.03. The first kappa shape index (κ1) is 12.0. The number of carbonyl (C=O) groups excluding carboxylic acids is 2. The van der Waals surface area contributed by atoms with Gasteiger partial charge in [0.25, 0.3) is 5.91 Å². The van der Waals surface area contributed by atoms with E-state index in [1.165, 1.54) is 11.5 Å². The molecule has 0 atom stereocenters. The molecule has 0 aromatic carbocycles. The number of aromatic nitrogens is 1. The van der Waals surface area contributed by atoms with Gasteiger partial charge in [-0.05, 0) is 37.7 Å². The number of nitrogens with two attached hydrogens (primary N) is 1. The van der Waals surface area contributed by atoms with Gasteiger partial charge in [-0.1, -0.05) is 0 Å². The Kier molecular flexibility index (Phi) is 3.15. The van der Waals surface area contributed by atoms with Gasteiger partial charge in [-0.2, -0.15) is 4.37 Å². The second-order valence-corrected chi connectivity index (χ2v) is 5.17. The van der Waals surface area contributed by atoms with Crippen LogP contribution in [0.4, 0.5) is 0 Å². The molecule has 2 amide bonds. The van der Waals surface area contributed by atoms with Crippen molar-refractivity contribution in [1.29, 1.82) is 0 Å². The first-order valence-corrected chi connectivity index (χ1v) is 6.38. The number of amides is 2. The summed E-state index contributed by atoms with van der Waals surface area (Å²) in [6, 6.07) is 0. The summed E-state index contributed by atoms with van der Waals surface area (Å²) in [5.74, 6) is -0.526.